The van der Waals surface area contributed by atoms with Crippen molar-refractivity contribution in [3.63, 3.8) is 0 Å². The summed E-state index contributed by atoms with van der Waals surface area (Å²) in [5.41, 5.74) is 19.2. The highest BCUT2D eigenvalue weighted by Gasteiger charge is 2.56. The van der Waals surface area contributed by atoms with Crippen molar-refractivity contribution in [3.05, 3.63) is 211 Å². The quantitative estimate of drug-likeness (QED) is 0.156. The Morgan fingerprint density at radius 2 is 0.850 bits per heavy atom. The van der Waals surface area contributed by atoms with Gasteiger partial charge >= 0.3 is 0 Å². The molecule has 292 valence electrons. The van der Waals surface area contributed by atoms with Crippen LogP contribution in [-0.4, -0.2) is 0 Å². The van der Waals surface area contributed by atoms with Gasteiger partial charge in [0.15, 0.2) is 0 Å². The zero-order valence-corrected chi connectivity index (χ0v) is 34.6. The van der Waals surface area contributed by atoms with E-state index in [4.69, 9.17) is 0 Å². The first-order valence-corrected chi connectivity index (χ1v) is 22.1. The van der Waals surface area contributed by atoms with Crippen LogP contribution in [0.3, 0.4) is 0 Å². The van der Waals surface area contributed by atoms with Gasteiger partial charge in [-0.1, -0.05) is 166 Å². The molecule has 2 saturated carbocycles. The van der Waals surface area contributed by atoms with E-state index >= 15 is 0 Å². The number of benzene rings is 8. The lowest BCUT2D eigenvalue weighted by Crippen LogP contribution is -2.49. The molecule has 0 saturated heterocycles. The van der Waals surface area contributed by atoms with Gasteiger partial charge in [-0.3, -0.25) is 0 Å². The highest BCUT2D eigenvalue weighted by atomic mass is 15.1. The molecule has 0 radical (unpaired) electrons. The van der Waals surface area contributed by atoms with Crippen molar-refractivity contribution in [1.82, 2.24) is 0 Å². The van der Waals surface area contributed by atoms with Crippen LogP contribution in [0.4, 0.5) is 17.1 Å². The second kappa shape index (κ2) is 15.0. The molecule has 11 rings (SSSR count). The van der Waals surface area contributed by atoms with Crippen LogP contribution in [0.5, 0.6) is 0 Å². The third-order valence-electron chi connectivity index (χ3n) is 14.4. The third-order valence-corrected chi connectivity index (χ3v) is 14.4. The summed E-state index contributed by atoms with van der Waals surface area (Å²) in [6.07, 6.45) is 5.41. The molecule has 8 aromatic carbocycles. The maximum absolute atomic E-state index is 2.57. The zero-order chi connectivity index (χ0) is 40.2. The van der Waals surface area contributed by atoms with Crippen molar-refractivity contribution in [3.8, 4) is 55.6 Å². The molecule has 60 heavy (non-hydrogen) atoms. The maximum atomic E-state index is 2.57. The topological polar surface area (TPSA) is 3.24 Å². The van der Waals surface area contributed by atoms with Crippen molar-refractivity contribution < 1.29 is 0 Å². The van der Waals surface area contributed by atoms with Crippen LogP contribution in [0.25, 0.3) is 55.6 Å². The minimum atomic E-state index is 0.0846. The molecule has 5 atom stereocenters. The lowest BCUT2D eigenvalue weighted by Gasteiger charge is -2.54. The van der Waals surface area contributed by atoms with E-state index in [1.807, 2.05) is 0 Å². The van der Waals surface area contributed by atoms with Gasteiger partial charge in [-0.15, -0.1) is 0 Å². The van der Waals surface area contributed by atoms with Crippen molar-refractivity contribution in [2.24, 2.45) is 23.7 Å². The monoisotopic (exact) mass is 773 g/mol. The van der Waals surface area contributed by atoms with E-state index in [0.717, 1.165) is 28.9 Å². The molecule has 2 bridgehead atoms. The molecule has 1 heteroatoms. The van der Waals surface area contributed by atoms with Gasteiger partial charge in [-0.05, 0) is 165 Å². The standard InChI is InChI=1S/C59H51N/c1-40-32-42-34-41(2)59(51(33-40)35-42)57-21-13-12-20-55(57)56-39-48(26-31-58(56)59)50-36-49(45-18-10-5-11-19-45)37-54(38-50)60(52-27-22-46(23-28-52)43-14-6-3-7-15-43)53-29-24-47(25-30-53)44-16-8-4-9-17-44/h3-31,36-42,51H,32-35H2,1-2H3. The molecule has 0 aliphatic heterocycles. The van der Waals surface area contributed by atoms with E-state index in [2.05, 4.69) is 219 Å². The van der Waals surface area contributed by atoms with Crippen LogP contribution < -0.4 is 4.90 Å². The van der Waals surface area contributed by atoms with Gasteiger partial charge in [0, 0.05) is 22.5 Å². The average molecular weight is 774 g/mol. The molecule has 0 N–H and O–H groups in total. The molecule has 1 spiro atoms. The van der Waals surface area contributed by atoms with Crippen LogP contribution >= 0.6 is 0 Å². The summed E-state index contributed by atoms with van der Waals surface area (Å²) in [5.74, 6) is 2.96. The summed E-state index contributed by atoms with van der Waals surface area (Å²) >= 11 is 0. The Balaban J connectivity index is 1.07. The number of rotatable bonds is 7. The predicted molar refractivity (Wildman–Crippen MR) is 253 cm³/mol. The lowest BCUT2D eigenvalue weighted by molar-refractivity contribution is 0.0426. The SMILES string of the molecule is CC1CC2CC(C)C3(c4ccccc4-c4cc(-c5cc(-c6ccccc6)cc(N(c6ccc(-c7ccccc7)cc6)c6ccc(-c7ccccc7)cc6)c5)ccc43)C(C1)C2. The number of anilines is 3. The molecule has 3 aliphatic carbocycles. The average Bonchev–Trinajstić information content (AvgIpc) is 3.60. The molecule has 0 heterocycles. The third kappa shape index (κ3) is 6.22. The summed E-state index contributed by atoms with van der Waals surface area (Å²) in [4.78, 5) is 2.43. The van der Waals surface area contributed by atoms with Gasteiger partial charge in [0.2, 0.25) is 0 Å². The van der Waals surface area contributed by atoms with Gasteiger partial charge in [-0.2, -0.15) is 0 Å². The molecular formula is C59H51N. The van der Waals surface area contributed by atoms with E-state index in [1.165, 1.54) is 81.3 Å². The first-order chi connectivity index (χ1) is 29.5. The first kappa shape index (κ1) is 36.6. The molecule has 0 aromatic heterocycles. The van der Waals surface area contributed by atoms with E-state index in [-0.39, 0.29) is 5.41 Å². The van der Waals surface area contributed by atoms with Gasteiger partial charge < -0.3 is 4.90 Å². The Kier molecular flexibility index (Phi) is 9.15. The Morgan fingerprint density at radius 1 is 0.367 bits per heavy atom. The summed E-state index contributed by atoms with van der Waals surface area (Å²) in [5, 5.41) is 0. The summed E-state index contributed by atoms with van der Waals surface area (Å²) in [7, 11) is 0. The van der Waals surface area contributed by atoms with Crippen LogP contribution in [0.15, 0.2) is 200 Å². The van der Waals surface area contributed by atoms with E-state index in [1.54, 1.807) is 11.1 Å². The minimum Gasteiger partial charge on any atom is -0.310 e. The fourth-order valence-electron chi connectivity index (χ4n) is 11.9. The van der Waals surface area contributed by atoms with E-state index < -0.39 is 0 Å². The number of fused-ring (bicyclic) bond motifs is 8. The van der Waals surface area contributed by atoms with Crippen molar-refractivity contribution >= 4 is 17.1 Å². The summed E-state index contributed by atoms with van der Waals surface area (Å²) < 4.78 is 0. The Labute approximate surface area is 356 Å². The van der Waals surface area contributed by atoms with Gasteiger partial charge in [0.1, 0.15) is 0 Å². The van der Waals surface area contributed by atoms with Crippen LogP contribution in [-0.2, 0) is 5.41 Å². The maximum Gasteiger partial charge on any atom is 0.0473 e. The lowest BCUT2D eigenvalue weighted by atomic mass is 9.49. The second-order valence-corrected chi connectivity index (χ2v) is 18.0. The molecule has 8 aromatic rings. The Bertz CT molecular complexity index is 2700. The molecule has 0 amide bonds. The first-order valence-electron chi connectivity index (χ1n) is 22.1. The Hall–Kier alpha value is -6.44. The van der Waals surface area contributed by atoms with Gasteiger partial charge in [0.25, 0.3) is 0 Å². The van der Waals surface area contributed by atoms with Crippen LogP contribution in [0, 0.1) is 23.7 Å². The highest BCUT2D eigenvalue weighted by molar-refractivity contribution is 5.89. The number of hydrogen-bond donors (Lipinski definition) is 0. The van der Waals surface area contributed by atoms with Gasteiger partial charge in [0.05, 0.1) is 0 Å². The van der Waals surface area contributed by atoms with Crippen molar-refractivity contribution in [2.75, 3.05) is 4.90 Å². The Morgan fingerprint density at radius 3 is 1.45 bits per heavy atom. The zero-order valence-electron chi connectivity index (χ0n) is 34.6. The number of nitrogens with zero attached hydrogens (tertiary/aromatic N) is 1. The van der Waals surface area contributed by atoms with Crippen molar-refractivity contribution in [2.45, 2.75) is 44.9 Å². The van der Waals surface area contributed by atoms with E-state index in [9.17, 15) is 0 Å². The summed E-state index contributed by atoms with van der Waals surface area (Å²) in [6, 6.07) is 74.5. The van der Waals surface area contributed by atoms with Crippen LogP contribution in [0.2, 0.25) is 0 Å². The molecule has 5 unspecified atom stereocenters. The second-order valence-electron chi connectivity index (χ2n) is 18.0. The molecule has 1 nitrogen and oxygen atoms in total. The molecular weight excluding hydrogens is 723 g/mol. The number of hydrogen-bond acceptors (Lipinski definition) is 1. The normalized spacial score (nSPS) is 21.3. The van der Waals surface area contributed by atoms with Crippen molar-refractivity contribution in [1.29, 1.82) is 0 Å². The highest BCUT2D eigenvalue weighted by Crippen LogP contribution is 2.64. The minimum absolute atomic E-state index is 0.0846. The fraction of sp³-hybridized carbons (Fsp3) is 0.186. The molecule has 2 fully saturated rings. The van der Waals surface area contributed by atoms with Crippen LogP contribution in [0.1, 0.15) is 50.7 Å². The fourth-order valence-corrected chi connectivity index (χ4v) is 11.9. The van der Waals surface area contributed by atoms with E-state index in [0.29, 0.717) is 11.8 Å². The smallest absolute Gasteiger partial charge is 0.0473 e. The van der Waals surface area contributed by atoms with Gasteiger partial charge in [-0.25, -0.2) is 0 Å². The molecule has 3 aliphatic rings. The summed E-state index contributed by atoms with van der Waals surface area (Å²) in [6.45, 7) is 5.07. The largest absolute Gasteiger partial charge is 0.310 e. The predicted octanol–water partition coefficient (Wildman–Crippen LogP) is 16.2.